The lowest BCUT2D eigenvalue weighted by molar-refractivity contribution is 0.204. The highest BCUT2D eigenvalue weighted by atomic mass is 15.1. The number of hydrogen-bond acceptors (Lipinski definition) is 4. The first-order chi connectivity index (χ1) is 8.34. The smallest absolute Gasteiger partial charge is 0.222 e. The van der Waals surface area contributed by atoms with Crippen LogP contribution in [0.2, 0.25) is 0 Å². The molecule has 1 atom stereocenters. The van der Waals surface area contributed by atoms with E-state index in [-0.39, 0.29) is 0 Å². The van der Waals surface area contributed by atoms with Gasteiger partial charge in [-0.1, -0.05) is 13.3 Å². The summed E-state index contributed by atoms with van der Waals surface area (Å²) in [4.78, 5) is 10.9. The minimum absolute atomic E-state index is 0.636. The zero-order valence-corrected chi connectivity index (χ0v) is 10.6. The van der Waals surface area contributed by atoms with E-state index < -0.39 is 0 Å². The van der Waals surface area contributed by atoms with Crippen LogP contribution in [-0.4, -0.2) is 41.0 Å². The lowest BCUT2D eigenvalue weighted by Gasteiger charge is -2.29. The Morgan fingerprint density at radius 1 is 1.24 bits per heavy atom. The fourth-order valence-electron chi connectivity index (χ4n) is 2.30. The van der Waals surface area contributed by atoms with Gasteiger partial charge in [0.25, 0.3) is 0 Å². The molecule has 1 aliphatic heterocycles. The van der Waals surface area contributed by atoms with Crippen molar-refractivity contribution in [3.05, 3.63) is 18.5 Å². The number of rotatable bonds is 5. The molecule has 1 unspecified atom stereocenters. The molecule has 0 saturated carbocycles. The van der Waals surface area contributed by atoms with Gasteiger partial charge in [0.05, 0.1) is 0 Å². The average Bonchev–Trinajstić information content (AvgIpc) is 2.39. The molecule has 0 bridgehead atoms. The third-order valence-electron chi connectivity index (χ3n) is 3.19. The minimum atomic E-state index is 0.636. The van der Waals surface area contributed by atoms with E-state index >= 15 is 0 Å². The lowest BCUT2D eigenvalue weighted by atomic mass is 10.1. The van der Waals surface area contributed by atoms with E-state index in [1.54, 1.807) is 12.4 Å². The molecule has 0 radical (unpaired) electrons. The molecule has 94 valence electrons. The number of anilines is 1. The molecule has 0 amide bonds. The molecule has 1 aromatic heterocycles. The SMILES string of the molecule is CC(CNc1ncccn1)CN1CCCCC1. The highest BCUT2D eigenvalue weighted by Crippen LogP contribution is 2.11. The number of hydrogen-bond donors (Lipinski definition) is 1. The first-order valence-corrected chi connectivity index (χ1v) is 6.58. The second-order valence-corrected chi connectivity index (χ2v) is 4.92. The van der Waals surface area contributed by atoms with Crippen molar-refractivity contribution in [2.24, 2.45) is 5.92 Å². The van der Waals surface area contributed by atoms with Crippen LogP contribution in [0.5, 0.6) is 0 Å². The van der Waals surface area contributed by atoms with Gasteiger partial charge in [-0.3, -0.25) is 0 Å². The fourth-order valence-corrected chi connectivity index (χ4v) is 2.30. The predicted octanol–water partition coefficient (Wildman–Crippen LogP) is 2.01. The standard InChI is InChI=1S/C13H22N4/c1-12(11-17-8-3-2-4-9-17)10-16-13-14-6-5-7-15-13/h5-7,12H,2-4,8-11H2,1H3,(H,14,15,16). The molecular formula is C13H22N4. The zero-order chi connectivity index (χ0) is 11.9. The van der Waals surface area contributed by atoms with Crippen LogP contribution in [0.15, 0.2) is 18.5 Å². The van der Waals surface area contributed by atoms with Crippen LogP contribution in [0.3, 0.4) is 0 Å². The van der Waals surface area contributed by atoms with Crippen molar-refractivity contribution in [3.63, 3.8) is 0 Å². The van der Waals surface area contributed by atoms with Gasteiger partial charge >= 0.3 is 0 Å². The van der Waals surface area contributed by atoms with E-state index in [2.05, 4.69) is 27.1 Å². The van der Waals surface area contributed by atoms with Crippen molar-refractivity contribution in [2.75, 3.05) is 31.5 Å². The van der Waals surface area contributed by atoms with Gasteiger partial charge in [-0.2, -0.15) is 0 Å². The van der Waals surface area contributed by atoms with Gasteiger partial charge in [-0.05, 0) is 37.9 Å². The topological polar surface area (TPSA) is 41.1 Å². The molecule has 4 heteroatoms. The Labute approximate surface area is 103 Å². The van der Waals surface area contributed by atoms with Crippen molar-refractivity contribution in [1.82, 2.24) is 14.9 Å². The highest BCUT2D eigenvalue weighted by molar-refractivity contribution is 5.21. The third-order valence-corrected chi connectivity index (χ3v) is 3.19. The van der Waals surface area contributed by atoms with Gasteiger partial charge in [-0.15, -0.1) is 0 Å². The Bertz CT molecular complexity index is 308. The summed E-state index contributed by atoms with van der Waals surface area (Å²) in [5, 5.41) is 3.29. The van der Waals surface area contributed by atoms with E-state index in [1.165, 1.54) is 38.9 Å². The summed E-state index contributed by atoms with van der Waals surface area (Å²) in [6.07, 6.45) is 7.67. The van der Waals surface area contributed by atoms with E-state index in [1.807, 2.05) is 6.07 Å². The van der Waals surface area contributed by atoms with E-state index in [9.17, 15) is 0 Å². The maximum absolute atomic E-state index is 4.16. The molecule has 0 aromatic carbocycles. The molecule has 17 heavy (non-hydrogen) atoms. The fraction of sp³-hybridized carbons (Fsp3) is 0.692. The van der Waals surface area contributed by atoms with E-state index in [0.717, 1.165) is 12.5 Å². The minimum Gasteiger partial charge on any atom is -0.354 e. The van der Waals surface area contributed by atoms with Gasteiger partial charge in [0.2, 0.25) is 5.95 Å². The first-order valence-electron chi connectivity index (χ1n) is 6.58. The summed E-state index contributed by atoms with van der Waals surface area (Å²) in [5.74, 6) is 1.37. The van der Waals surface area contributed by atoms with Gasteiger partial charge in [-0.25, -0.2) is 9.97 Å². The quantitative estimate of drug-likeness (QED) is 0.846. The largest absolute Gasteiger partial charge is 0.354 e. The second kappa shape index (κ2) is 6.55. The summed E-state index contributed by atoms with van der Waals surface area (Å²) in [7, 11) is 0. The Morgan fingerprint density at radius 2 is 1.94 bits per heavy atom. The van der Waals surface area contributed by atoms with E-state index in [0.29, 0.717) is 5.92 Å². The normalized spacial score (nSPS) is 18.9. The molecule has 1 aromatic rings. The van der Waals surface area contributed by atoms with Crippen LogP contribution in [0.4, 0.5) is 5.95 Å². The lowest BCUT2D eigenvalue weighted by Crippen LogP contribution is -2.35. The number of likely N-dealkylation sites (tertiary alicyclic amines) is 1. The molecule has 2 rings (SSSR count). The first kappa shape index (κ1) is 12.3. The van der Waals surface area contributed by atoms with Gasteiger partial charge in [0.1, 0.15) is 0 Å². The van der Waals surface area contributed by atoms with Crippen LogP contribution in [-0.2, 0) is 0 Å². The maximum Gasteiger partial charge on any atom is 0.222 e. The molecule has 4 nitrogen and oxygen atoms in total. The number of nitrogens with zero attached hydrogens (tertiary/aromatic N) is 3. The molecule has 0 aliphatic carbocycles. The third kappa shape index (κ3) is 4.30. The van der Waals surface area contributed by atoms with Crippen LogP contribution < -0.4 is 5.32 Å². The van der Waals surface area contributed by atoms with Crippen LogP contribution in [0.25, 0.3) is 0 Å². The molecular weight excluding hydrogens is 212 g/mol. The number of aromatic nitrogens is 2. The molecule has 2 heterocycles. The van der Waals surface area contributed by atoms with Crippen molar-refractivity contribution in [2.45, 2.75) is 26.2 Å². The van der Waals surface area contributed by atoms with E-state index in [4.69, 9.17) is 0 Å². The summed E-state index contributed by atoms with van der Waals surface area (Å²) >= 11 is 0. The van der Waals surface area contributed by atoms with Gasteiger partial charge in [0, 0.05) is 25.5 Å². The van der Waals surface area contributed by atoms with Crippen molar-refractivity contribution in [1.29, 1.82) is 0 Å². The van der Waals surface area contributed by atoms with Crippen molar-refractivity contribution in [3.8, 4) is 0 Å². The molecule has 1 N–H and O–H groups in total. The maximum atomic E-state index is 4.16. The Hall–Kier alpha value is -1.16. The molecule has 1 fully saturated rings. The number of nitrogens with one attached hydrogen (secondary N) is 1. The van der Waals surface area contributed by atoms with Crippen molar-refractivity contribution >= 4 is 5.95 Å². The molecule has 1 aliphatic rings. The summed E-state index contributed by atoms with van der Waals surface area (Å²) in [6, 6.07) is 1.84. The van der Waals surface area contributed by atoms with Crippen LogP contribution >= 0.6 is 0 Å². The Balaban J connectivity index is 1.68. The van der Waals surface area contributed by atoms with Crippen LogP contribution in [0.1, 0.15) is 26.2 Å². The number of piperidine rings is 1. The monoisotopic (exact) mass is 234 g/mol. The summed E-state index contributed by atoms with van der Waals surface area (Å²) < 4.78 is 0. The Kier molecular flexibility index (Phi) is 4.74. The van der Waals surface area contributed by atoms with Crippen LogP contribution in [0, 0.1) is 5.92 Å². The van der Waals surface area contributed by atoms with Gasteiger partial charge in [0.15, 0.2) is 0 Å². The van der Waals surface area contributed by atoms with Gasteiger partial charge < -0.3 is 10.2 Å². The Morgan fingerprint density at radius 3 is 2.65 bits per heavy atom. The summed E-state index contributed by atoms with van der Waals surface area (Å²) in [6.45, 7) is 6.95. The second-order valence-electron chi connectivity index (χ2n) is 4.92. The predicted molar refractivity (Wildman–Crippen MR) is 70.0 cm³/mol. The molecule has 1 saturated heterocycles. The average molecular weight is 234 g/mol. The zero-order valence-electron chi connectivity index (χ0n) is 10.6. The van der Waals surface area contributed by atoms with Crippen molar-refractivity contribution < 1.29 is 0 Å². The molecule has 0 spiro atoms. The highest BCUT2D eigenvalue weighted by Gasteiger charge is 2.13. The summed E-state index contributed by atoms with van der Waals surface area (Å²) in [5.41, 5.74) is 0.